The van der Waals surface area contributed by atoms with Crippen LogP contribution in [0.2, 0.25) is 0 Å². The summed E-state index contributed by atoms with van der Waals surface area (Å²) in [6.45, 7) is 5.01. The third kappa shape index (κ3) is 2.21. The molecular weight excluding hydrogens is 248 g/mol. The zero-order chi connectivity index (χ0) is 12.8. The van der Waals surface area contributed by atoms with Crippen LogP contribution in [-0.4, -0.2) is 55.6 Å². The van der Waals surface area contributed by atoms with Crippen LogP contribution in [0.4, 0.5) is 0 Å². The van der Waals surface area contributed by atoms with Crippen molar-refractivity contribution in [1.82, 2.24) is 9.21 Å². The van der Waals surface area contributed by atoms with Gasteiger partial charge in [0.1, 0.15) is 0 Å². The van der Waals surface area contributed by atoms with Crippen LogP contribution in [0.15, 0.2) is 0 Å². The number of hydrogen-bond donors (Lipinski definition) is 0. The van der Waals surface area contributed by atoms with E-state index in [1.54, 1.807) is 11.2 Å². The Balaban J connectivity index is 1.58. The summed E-state index contributed by atoms with van der Waals surface area (Å²) < 4.78 is 25.3. The van der Waals surface area contributed by atoms with Gasteiger partial charge in [0.05, 0.1) is 5.75 Å². The predicted octanol–water partition coefficient (Wildman–Crippen LogP) is 1.14. The zero-order valence-corrected chi connectivity index (χ0v) is 12.0. The van der Waals surface area contributed by atoms with Crippen LogP contribution in [0.1, 0.15) is 32.6 Å². The Morgan fingerprint density at radius 3 is 2.28 bits per heavy atom. The molecule has 1 aliphatic heterocycles. The van der Waals surface area contributed by atoms with Gasteiger partial charge in [0.25, 0.3) is 0 Å². The van der Waals surface area contributed by atoms with E-state index in [9.17, 15) is 8.42 Å². The highest BCUT2D eigenvalue weighted by atomic mass is 32.2. The SMILES string of the molecule is CCS(=O)(=O)N1CCN([C@H]2C[C@H]3CC[C@@H]2C3)CC1. The molecule has 2 saturated carbocycles. The summed E-state index contributed by atoms with van der Waals surface area (Å²) >= 11 is 0. The van der Waals surface area contributed by atoms with Crippen molar-refractivity contribution in [3.63, 3.8) is 0 Å². The van der Waals surface area contributed by atoms with Gasteiger partial charge in [0, 0.05) is 32.2 Å². The van der Waals surface area contributed by atoms with Crippen molar-refractivity contribution in [2.75, 3.05) is 31.9 Å². The summed E-state index contributed by atoms with van der Waals surface area (Å²) in [6.07, 6.45) is 5.64. The summed E-state index contributed by atoms with van der Waals surface area (Å²) in [5.74, 6) is 2.11. The fourth-order valence-electron chi connectivity index (χ4n) is 4.15. The number of piperazine rings is 1. The van der Waals surface area contributed by atoms with E-state index in [0.29, 0.717) is 13.1 Å². The van der Waals surface area contributed by atoms with Gasteiger partial charge >= 0.3 is 0 Å². The zero-order valence-electron chi connectivity index (χ0n) is 11.2. The van der Waals surface area contributed by atoms with E-state index in [1.807, 2.05) is 0 Å². The van der Waals surface area contributed by atoms with Crippen molar-refractivity contribution in [1.29, 1.82) is 0 Å². The van der Waals surface area contributed by atoms with Crippen LogP contribution in [0.3, 0.4) is 0 Å². The maximum absolute atomic E-state index is 11.8. The first-order valence-electron chi connectivity index (χ1n) is 7.32. The minimum atomic E-state index is -2.97. The Hall–Kier alpha value is -0.130. The van der Waals surface area contributed by atoms with Crippen molar-refractivity contribution in [3.8, 4) is 0 Å². The summed E-state index contributed by atoms with van der Waals surface area (Å²) in [5.41, 5.74) is 0. The summed E-state index contributed by atoms with van der Waals surface area (Å²) in [4.78, 5) is 2.56. The van der Waals surface area contributed by atoms with Gasteiger partial charge in [-0.25, -0.2) is 8.42 Å². The fraction of sp³-hybridized carbons (Fsp3) is 1.00. The Morgan fingerprint density at radius 2 is 1.78 bits per heavy atom. The van der Waals surface area contributed by atoms with Gasteiger partial charge in [-0.3, -0.25) is 4.90 Å². The lowest BCUT2D eigenvalue weighted by molar-refractivity contribution is 0.101. The second-order valence-electron chi connectivity index (χ2n) is 6.08. The Labute approximate surface area is 110 Å². The fourth-order valence-corrected chi connectivity index (χ4v) is 5.24. The molecule has 3 rings (SSSR count). The molecule has 18 heavy (non-hydrogen) atoms. The van der Waals surface area contributed by atoms with E-state index in [-0.39, 0.29) is 5.75 Å². The number of sulfonamides is 1. The molecule has 3 aliphatic rings. The molecule has 2 aliphatic carbocycles. The lowest BCUT2D eigenvalue weighted by Crippen LogP contribution is -2.53. The summed E-state index contributed by atoms with van der Waals surface area (Å²) in [5, 5.41) is 0. The third-order valence-corrected chi connectivity index (χ3v) is 7.08. The van der Waals surface area contributed by atoms with Gasteiger partial charge in [-0.05, 0) is 38.0 Å². The number of fused-ring (bicyclic) bond motifs is 2. The molecule has 1 saturated heterocycles. The highest BCUT2D eigenvalue weighted by Crippen LogP contribution is 2.46. The molecule has 3 atom stereocenters. The molecule has 0 aromatic carbocycles. The van der Waals surface area contributed by atoms with Crippen LogP contribution in [0.25, 0.3) is 0 Å². The summed E-state index contributed by atoms with van der Waals surface area (Å²) in [6, 6.07) is 0.759. The number of hydrogen-bond acceptors (Lipinski definition) is 3. The first-order chi connectivity index (χ1) is 8.60. The van der Waals surface area contributed by atoms with E-state index in [4.69, 9.17) is 0 Å². The minimum Gasteiger partial charge on any atom is -0.297 e. The van der Waals surface area contributed by atoms with Crippen LogP contribution in [-0.2, 0) is 10.0 Å². The normalized spacial score (nSPS) is 38.4. The second kappa shape index (κ2) is 4.76. The highest BCUT2D eigenvalue weighted by Gasteiger charge is 2.43. The maximum atomic E-state index is 11.8. The summed E-state index contributed by atoms with van der Waals surface area (Å²) in [7, 11) is -2.97. The van der Waals surface area contributed by atoms with Gasteiger partial charge in [-0.1, -0.05) is 6.42 Å². The monoisotopic (exact) mass is 272 g/mol. The lowest BCUT2D eigenvalue weighted by atomic mass is 9.93. The molecule has 0 aromatic heterocycles. The largest absolute Gasteiger partial charge is 0.297 e. The maximum Gasteiger partial charge on any atom is 0.213 e. The molecule has 4 nitrogen and oxygen atoms in total. The Bertz CT molecular complexity index is 401. The number of rotatable bonds is 3. The molecule has 5 heteroatoms. The lowest BCUT2D eigenvalue weighted by Gasteiger charge is -2.40. The van der Waals surface area contributed by atoms with Crippen LogP contribution >= 0.6 is 0 Å². The smallest absolute Gasteiger partial charge is 0.213 e. The van der Waals surface area contributed by atoms with Gasteiger partial charge in [-0.2, -0.15) is 4.31 Å². The van der Waals surface area contributed by atoms with Gasteiger partial charge in [0.2, 0.25) is 10.0 Å². The van der Waals surface area contributed by atoms with Gasteiger partial charge in [-0.15, -0.1) is 0 Å². The topological polar surface area (TPSA) is 40.6 Å². The molecule has 0 amide bonds. The Kier molecular flexibility index (Phi) is 3.41. The van der Waals surface area contributed by atoms with E-state index in [1.165, 1.54) is 25.7 Å². The van der Waals surface area contributed by atoms with Crippen molar-refractivity contribution in [2.24, 2.45) is 11.8 Å². The molecule has 0 N–H and O–H groups in total. The van der Waals surface area contributed by atoms with Crippen molar-refractivity contribution in [3.05, 3.63) is 0 Å². The van der Waals surface area contributed by atoms with Crippen molar-refractivity contribution < 1.29 is 8.42 Å². The molecule has 0 unspecified atom stereocenters. The van der Waals surface area contributed by atoms with E-state index in [2.05, 4.69) is 4.90 Å². The predicted molar refractivity (Wildman–Crippen MR) is 71.8 cm³/mol. The van der Waals surface area contributed by atoms with E-state index >= 15 is 0 Å². The van der Waals surface area contributed by atoms with Crippen LogP contribution < -0.4 is 0 Å². The quantitative estimate of drug-likeness (QED) is 0.773. The van der Waals surface area contributed by atoms with Gasteiger partial charge in [0.15, 0.2) is 0 Å². The van der Waals surface area contributed by atoms with Crippen molar-refractivity contribution >= 4 is 10.0 Å². The average molecular weight is 272 g/mol. The molecule has 0 spiro atoms. The molecule has 3 fully saturated rings. The molecule has 0 radical (unpaired) electrons. The minimum absolute atomic E-state index is 0.237. The molecule has 0 aromatic rings. The molecule has 1 heterocycles. The van der Waals surface area contributed by atoms with Crippen LogP contribution in [0.5, 0.6) is 0 Å². The standard InChI is InChI=1S/C13H24N2O2S/c1-2-18(16,17)15-7-5-14(6-8-15)13-10-11-3-4-12(13)9-11/h11-13H,2-10H2,1H3/t11-,12+,13-/m0/s1. The Morgan fingerprint density at radius 1 is 1.06 bits per heavy atom. The van der Waals surface area contributed by atoms with Gasteiger partial charge < -0.3 is 0 Å². The molecular formula is C13H24N2O2S. The van der Waals surface area contributed by atoms with E-state index in [0.717, 1.165) is 31.0 Å². The highest BCUT2D eigenvalue weighted by molar-refractivity contribution is 7.89. The molecule has 104 valence electrons. The average Bonchev–Trinajstić information content (AvgIpc) is 3.01. The third-order valence-electron chi connectivity index (χ3n) is 5.20. The molecule has 2 bridgehead atoms. The van der Waals surface area contributed by atoms with Crippen LogP contribution in [0, 0.1) is 11.8 Å². The van der Waals surface area contributed by atoms with Crippen molar-refractivity contribution in [2.45, 2.75) is 38.6 Å². The van der Waals surface area contributed by atoms with E-state index < -0.39 is 10.0 Å². The number of nitrogens with zero attached hydrogens (tertiary/aromatic N) is 2. The first kappa shape index (κ1) is 12.9. The second-order valence-corrected chi connectivity index (χ2v) is 8.34. The first-order valence-corrected chi connectivity index (χ1v) is 8.93.